The van der Waals surface area contributed by atoms with Gasteiger partial charge in [0.15, 0.2) is 11.9 Å². The molecule has 1 aliphatic carbocycles. The van der Waals surface area contributed by atoms with Crippen molar-refractivity contribution >= 4 is 13.7 Å². The topological polar surface area (TPSA) is 158 Å². The lowest BCUT2D eigenvalue weighted by atomic mass is 9.98. The van der Waals surface area contributed by atoms with Gasteiger partial charge in [-0.3, -0.25) is 23.7 Å². The van der Waals surface area contributed by atoms with E-state index in [1.807, 2.05) is 17.1 Å². The fourth-order valence-electron chi connectivity index (χ4n) is 4.27. The predicted molar refractivity (Wildman–Crippen MR) is 137 cm³/mol. The van der Waals surface area contributed by atoms with Gasteiger partial charge >= 0.3 is 19.4 Å². The number of hydrogen-bond acceptors (Lipinski definition) is 9. The van der Waals surface area contributed by atoms with Crippen LogP contribution in [0.25, 0.3) is 0 Å². The number of benzene rings is 1. The van der Waals surface area contributed by atoms with Crippen LogP contribution in [0.2, 0.25) is 0 Å². The molecule has 2 aromatic rings. The summed E-state index contributed by atoms with van der Waals surface area (Å²) in [6.45, 7) is 5.16. The molecule has 0 spiro atoms. The second kappa shape index (κ2) is 11.3. The fraction of sp³-hybridized carbons (Fsp3) is 0.560. The second-order valence-corrected chi connectivity index (χ2v) is 11.9. The summed E-state index contributed by atoms with van der Waals surface area (Å²) in [4.78, 5) is 38.1. The van der Waals surface area contributed by atoms with E-state index in [2.05, 4.69) is 5.09 Å². The summed E-state index contributed by atoms with van der Waals surface area (Å²) in [7, 11) is -4.34. The molecule has 0 radical (unpaired) electrons. The zero-order valence-electron chi connectivity index (χ0n) is 22.0. The molecule has 1 aromatic carbocycles. The largest absolute Gasteiger partial charge is 0.462 e. The normalized spacial score (nSPS) is 27.2. The van der Waals surface area contributed by atoms with Gasteiger partial charge in [0.05, 0.1) is 12.7 Å². The van der Waals surface area contributed by atoms with E-state index in [1.54, 1.807) is 26.0 Å². The molecule has 214 valence electrons. The van der Waals surface area contributed by atoms with Crippen molar-refractivity contribution < 1.29 is 37.4 Å². The van der Waals surface area contributed by atoms with Crippen LogP contribution in [0.1, 0.15) is 58.2 Å². The van der Waals surface area contributed by atoms with Crippen LogP contribution in [0.4, 0.5) is 4.39 Å². The predicted octanol–water partition coefficient (Wildman–Crippen LogP) is 2.53. The molecule has 4 rings (SSSR count). The Morgan fingerprint density at radius 3 is 2.62 bits per heavy atom. The molecule has 0 amide bonds. The average Bonchev–Trinajstić information content (AvgIpc) is 3.66. The first-order valence-electron chi connectivity index (χ1n) is 12.7. The lowest BCUT2D eigenvalue weighted by Crippen LogP contribution is -2.43. The van der Waals surface area contributed by atoms with Gasteiger partial charge < -0.3 is 19.1 Å². The van der Waals surface area contributed by atoms with Crippen LogP contribution in [0.5, 0.6) is 5.75 Å². The van der Waals surface area contributed by atoms with Crippen molar-refractivity contribution in [1.29, 1.82) is 0 Å². The molecular formula is C25H33FN3O9P. The Bertz CT molecular complexity index is 1360. The summed E-state index contributed by atoms with van der Waals surface area (Å²) >= 11 is 0. The van der Waals surface area contributed by atoms with Crippen molar-refractivity contribution in [2.24, 2.45) is 0 Å². The minimum atomic E-state index is -4.34. The number of nitrogens with one attached hydrogen (secondary N) is 2. The number of aliphatic hydroxyl groups excluding tert-OH is 1. The van der Waals surface area contributed by atoms with Gasteiger partial charge in [0.2, 0.25) is 0 Å². The number of hydrogen-bond donors (Lipinski definition) is 3. The Kier molecular flexibility index (Phi) is 8.48. The number of alkyl halides is 1. The van der Waals surface area contributed by atoms with Gasteiger partial charge in [-0.15, -0.1) is 0 Å². The van der Waals surface area contributed by atoms with Gasteiger partial charge in [0.1, 0.15) is 24.0 Å². The SMILES string of the molecule is CC(C)OC(=O)[C@H](C)NP(=O)(OC[C@H]1O[C@@H](n2ccc(=O)[nH]c2=O)[C@](C)(F)[C@@H]1O)Oc1ccccc1C1CC1. The first-order valence-corrected chi connectivity index (χ1v) is 14.2. The summed E-state index contributed by atoms with van der Waals surface area (Å²) in [5.74, 6) is -0.165. The first-order chi connectivity index (χ1) is 18.3. The van der Waals surface area contributed by atoms with Crippen LogP contribution in [0, 0.1) is 0 Å². The lowest BCUT2D eigenvalue weighted by molar-refractivity contribution is -0.149. The monoisotopic (exact) mass is 569 g/mol. The maximum absolute atomic E-state index is 15.6. The van der Waals surface area contributed by atoms with E-state index in [-0.39, 0.29) is 5.92 Å². The zero-order valence-corrected chi connectivity index (χ0v) is 22.9. The molecular weight excluding hydrogens is 536 g/mol. The number of ether oxygens (including phenoxy) is 2. The fourth-order valence-corrected chi connectivity index (χ4v) is 5.80. The minimum absolute atomic E-state index is 0.238. The van der Waals surface area contributed by atoms with Crippen molar-refractivity contribution in [2.45, 2.75) is 82.7 Å². The molecule has 2 heterocycles. The average molecular weight is 570 g/mol. The zero-order chi connectivity index (χ0) is 28.5. The summed E-state index contributed by atoms with van der Waals surface area (Å²) in [5.41, 5.74) is -3.28. The third kappa shape index (κ3) is 6.67. The summed E-state index contributed by atoms with van der Waals surface area (Å²) < 4.78 is 52.6. The molecule has 3 N–H and O–H groups in total. The van der Waals surface area contributed by atoms with Gasteiger partial charge in [0.25, 0.3) is 5.56 Å². The molecule has 6 atom stereocenters. The Morgan fingerprint density at radius 1 is 1.28 bits per heavy atom. The van der Waals surface area contributed by atoms with E-state index in [0.29, 0.717) is 5.75 Å². The summed E-state index contributed by atoms with van der Waals surface area (Å²) in [5, 5.41) is 13.2. The van der Waals surface area contributed by atoms with Gasteiger partial charge in [-0.2, -0.15) is 5.09 Å². The minimum Gasteiger partial charge on any atom is -0.462 e. The van der Waals surface area contributed by atoms with E-state index in [1.165, 1.54) is 6.92 Å². The molecule has 1 saturated heterocycles. The number of H-pyrrole nitrogens is 1. The molecule has 1 saturated carbocycles. The van der Waals surface area contributed by atoms with E-state index >= 15 is 4.39 Å². The quantitative estimate of drug-likeness (QED) is 0.271. The Labute approximate surface area is 224 Å². The van der Waals surface area contributed by atoms with Gasteiger partial charge in [-0.05, 0) is 58.1 Å². The van der Waals surface area contributed by atoms with Crippen LogP contribution < -0.4 is 20.9 Å². The van der Waals surface area contributed by atoms with E-state index in [9.17, 15) is 24.1 Å². The van der Waals surface area contributed by atoms with E-state index < -0.39 is 67.8 Å². The van der Waals surface area contributed by atoms with Crippen molar-refractivity contribution in [2.75, 3.05) is 6.61 Å². The van der Waals surface area contributed by atoms with Crippen LogP contribution in [0.3, 0.4) is 0 Å². The third-order valence-corrected chi connectivity index (χ3v) is 8.07. The van der Waals surface area contributed by atoms with Gasteiger partial charge in [0, 0.05) is 12.3 Å². The number of nitrogens with zero attached hydrogens (tertiary/aromatic N) is 1. The van der Waals surface area contributed by atoms with Crippen LogP contribution >= 0.6 is 7.75 Å². The highest BCUT2D eigenvalue weighted by Gasteiger charge is 2.56. The lowest BCUT2D eigenvalue weighted by Gasteiger charge is -2.26. The van der Waals surface area contributed by atoms with Crippen LogP contribution in [-0.4, -0.2) is 57.3 Å². The standard InChI is InChI=1S/C25H33FN3O9P/c1-14(2)36-22(32)15(3)28-39(34,38-18-8-6-5-7-17(18)16-9-10-16)35-13-19-21(31)25(4,26)23(37-19)29-12-11-20(30)27-24(29)33/h5-8,11-12,14-16,19,21,23,31H,9-10,13H2,1-4H3,(H,28,34)(H,27,30,33)/t15-,19+,21+,23+,25+,39?/m0/s1. The molecule has 12 nitrogen and oxygen atoms in total. The van der Waals surface area contributed by atoms with Crippen LogP contribution in [0.15, 0.2) is 46.1 Å². The second-order valence-electron chi connectivity index (χ2n) is 10.2. The van der Waals surface area contributed by atoms with Crippen molar-refractivity contribution in [3.8, 4) is 5.75 Å². The summed E-state index contributed by atoms with van der Waals surface area (Å²) in [6, 6.07) is 6.90. The van der Waals surface area contributed by atoms with Gasteiger partial charge in [-0.25, -0.2) is 13.8 Å². The third-order valence-electron chi connectivity index (χ3n) is 6.44. The molecule has 2 fully saturated rings. The highest BCUT2D eigenvalue weighted by Crippen LogP contribution is 2.51. The molecule has 0 bridgehead atoms. The number of esters is 1. The van der Waals surface area contributed by atoms with Gasteiger partial charge in [-0.1, -0.05) is 18.2 Å². The number of aromatic nitrogens is 2. The summed E-state index contributed by atoms with van der Waals surface area (Å²) in [6.07, 6.45) is -2.30. The molecule has 2 aliphatic rings. The first kappa shape index (κ1) is 29.2. The van der Waals surface area contributed by atoms with Crippen molar-refractivity contribution in [1.82, 2.24) is 14.6 Å². The maximum Gasteiger partial charge on any atom is 0.459 e. The molecule has 1 unspecified atom stereocenters. The number of aliphatic hydroxyl groups is 1. The number of para-hydroxylation sites is 1. The number of carbonyl (C=O) groups excluding carboxylic acids is 1. The van der Waals surface area contributed by atoms with E-state index in [0.717, 1.165) is 42.2 Å². The highest BCUT2D eigenvalue weighted by atomic mass is 31.2. The van der Waals surface area contributed by atoms with Crippen molar-refractivity contribution in [3.63, 3.8) is 0 Å². The molecule has 39 heavy (non-hydrogen) atoms. The molecule has 1 aliphatic heterocycles. The number of rotatable bonds is 11. The number of halogens is 1. The number of carbonyl (C=O) groups is 1. The maximum atomic E-state index is 15.6. The van der Waals surface area contributed by atoms with Crippen LogP contribution in [-0.2, 0) is 23.4 Å². The number of aromatic amines is 1. The van der Waals surface area contributed by atoms with Crippen molar-refractivity contribution in [3.05, 3.63) is 62.9 Å². The van der Waals surface area contributed by atoms with E-state index in [4.69, 9.17) is 18.5 Å². The Hall–Kier alpha value is -2.83. The Morgan fingerprint density at radius 2 is 1.97 bits per heavy atom. The highest BCUT2D eigenvalue weighted by molar-refractivity contribution is 7.52. The molecule has 14 heteroatoms. The molecule has 1 aromatic heterocycles. The smallest absolute Gasteiger partial charge is 0.459 e. The Balaban J connectivity index is 1.56.